The maximum Gasteiger partial charge on any atom is 0.335 e. The van der Waals surface area contributed by atoms with Crippen LogP contribution in [0.5, 0.6) is 5.75 Å². The van der Waals surface area contributed by atoms with E-state index in [1.807, 2.05) is 0 Å². The summed E-state index contributed by atoms with van der Waals surface area (Å²) in [5.41, 5.74) is -0.106. The molecule has 8 nitrogen and oxygen atoms in total. The Morgan fingerprint density at radius 1 is 1.29 bits per heavy atom. The molecule has 1 aromatic carbocycles. The van der Waals surface area contributed by atoms with Crippen molar-refractivity contribution in [3.05, 3.63) is 35.2 Å². The van der Waals surface area contributed by atoms with Crippen molar-refractivity contribution < 1.29 is 28.2 Å². The van der Waals surface area contributed by atoms with Crippen LogP contribution in [0.25, 0.3) is 0 Å². The van der Waals surface area contributed by atoms with E-state index in [2.05, 4.69) is 10.6 Å². The molecule has 2 rings (SSSR count). The van der Waals surface area contributed by atoms with Gasteiger partial charge < -0.3 is 20.8 Å². The van der Waals surface area contributed by atoms with Gasteiger partial charge in [0.15, 0.2) is 9.84 Å². The van der Waals surface area contributed by atoms with Crippen LogP contribution in [-0.2, 0) is 9.84 Å². The third-order valence-electron chi connectivity index (χ3n) is 2.74. The fourth-order valence-corrected chi connectivity index (χ4v) is 3.00. The zero-order valence-electron chi connectivity index (χ0n) is 10.6. The molecule has 0 aromatic heterocycles. The van der Waals surface area contributed by atoms with Gasteiger partial charge in [-0.05, 0) is 24.3 Å². The van der Waals surface area contributed by atoms with Gasteiger partial charge in [-0.25, -0.2) is 18.0 Å². The molecule has 1 aliphatic heterocycles. The highest BCUT2D eigenvalue weighted by Crippen LogP contribution is 2.24. The number of anilines is 1. The third-order valence-corrected chi connectivity index (χ3v) is 4.13. The number of benzene rings is 1. The second-order valence-corrected chi connectivity index (χ2v) is 6.33. The van der Waals surface area contributed by atoms with E-state index < -0.39 is 33.6 Å². The van der Waals surface area contributed by atoms with Crippen LogP contribution in [0.3, 0.4) is 0 Å². The number of carbonyl (C=O) groups is 2. The first-order valence-electron chi connectivity index (χ1n) is 5.81. The fourth-order valence-electron chi connectivity index (χ4n) is 1.76. The molecular formula is C12H12N2O6S. The second kappa shape index (κ2) is 5.44. The lowest BCUT2D eigenvalue weighted by molar-refractivity contribution is 0.0696. The van der Waals surface area contributed by atoms with Gasteiger partial charge in [0.1, 0.15) is 5.75 Å². The molecule has 0 saturated heterocycles. The Morgan fingerprint density at radius 2 is 2.00 bits per heavy atom. The lowest BCUT2D eigenvalue weighted by atomic mass is 10.2. The summed E-state index contributed by atoms with van der Waals surface area (Å²) in [6, 6.07) is 2.10. The average molecular weight is 312 g/mol. The summed E-state index contributed by atoms with van der Waals surface area (Å²) in [4.78, 5) is 22.4. The largest absolute Gasteiger partial charge is 0.506 e. The van der Waals surface area contributed by atoms with Crippen molar-refractivity contribution in [2.75, 3.05) is 11.1 Å². The van der Waals surface area contributed by atoms with Crippen molar-refractivity contribution in [1.82, 2.24) is 5.32 Å². The molecule has 0 saturated carbocycles. The molecule has 1 aromatic rings. The van der Waals surface area contributed by atoms with Crippen molar-refractivity contribution in [2.24, 2.45) is 0 Å². The van der Waals surface area contributed by atoms with Crippen molar-refractivity contribution in [3.63, 3.8) is 0 Å². The van der Waals surface area contributed by atoms with Crippen molar-refractivity contribution in [2.45, 2.75) is 6.04 Å². The molecule has 0 spiro atoms. The predicted octanol–water partition coefficient (Wildman–Crippen LogP) is 0.523. The van der Waals surface area contributed by atoms with Crippen LogP contribution >= 0.6 is 0 Å². The zero-order valence-corrected chi connectivity index (χ0v) is 11.4. The van der Waals surface area contributed by atoms with Crippen molar-refractivity contribution >= 4 is 27.5 Å². The topological polar surface area (TPSA) is 133 Å². The standard InChI is InChI=1S/C12H12N2O6S/c15-10-5-7(11(16)17)1-2-9(10)14-12(18)13-8-3-4-21(19,20)6-8/h1-5,8,15H,6H2,(H,16,17)(H2,13,14,18). The molecule has 9 heteroatoms. The number of carboxylic acids is 1. The summed E-state index contributed by atoms with van der Waals surface area (Å²) >= 11 is 0. The number of amides is 2. The van der Waals surface area contributed by atoms with E-state index in [1.54, 1.807) is 0 Å². The van der Waals surface area contributed by atoms with Gasteiger partial charge in [-0.1, -0.05) is 0 Å². The molecule has 0 radical (unpaired) electrons. The Labute approximate surface area is 120 Å². The number of hydrogen-bond donors (Lipinski definition) is 4. The van der Waals surface area contributed by atoms with Gasteiger partial charge >= 0.3 is 12.0 Å². The minimum absolute atomic E-state index is 0.0160. The van der Waals surface area contributed by atoms with Crippen molar-refractivity contribution in [3.8, 4) is 5.75 Å². The van der Waals surface area contributed by atoms with E-state index in [-0.39, 0.29) is 17.0 Å². The average Bonchev–Trinajstić information content (AvgIpc) is 2.70. The molecule has 1 heterocycles. The molecule has 4 N–H and O–H groups in total. The van der Waals surface area contributed by atoms with Gasteiger partial charge in [0.25, 0.3) is 0 Å². The van der Waals surface area contributed by atoms with E-state index in [0.717, 1.165) is 11.5 Å². The Bertz CT molecular complexity index is 725. The van der Waals surface area contributed by atoms with Crippen LogP contribution in [0.1, 0.15) is 10.4 Å². The number of hydrogen-bond acceptors (Lipinski definition) is 5. The lowest BCUT2D eigenvalue weighted by Crippen LogP contribution is -2.38. The second-order valence-electron chi connectivity index (χ2n) is 4.40. The van der Waals surface area contributed by atoms with Crippen molar-refractivity contribution in [1.29, 1.82) is 0 Å². The highest BCUT2D eigenvalue weighted by molar-refractivity contribution is 7.94. The number of aromatic hydroxyl groups is 1. The van der Waals surface area contributed by atoms with E-state index in [0.29, 0.717) is 0 Å². The Kier molecular flexibility index (Phi) is 3.85. The molecular weight excluding hydrogens is 300 g/mol. The van der Waals surface area contributed by atoms with Gasteiger partial charge in [-0.3, -0.25) is 0 Å². The van der Waals surface area contributed by atoms with E-state index >= 15 is 0 Å². The molecule has 1 atom stereocenters. The van der Waals surface area contributed by atoms with Crippen LogP contribution in [0.15, 0.2) is 29.7 Å². The normalized spacial score (nSPS) is 19.1. The number of carboxylic acid groups (broad SMARTS) is 1. The van der Waals surface area contributed by atoms with Gasteiger partial charge in [0.05, 0.1) is 23.0 Å². The number of sulfone groups is 1. The maximum atomic E-state index is 11.7. The van der Waals surface area contributed by atoms with E-state index in [1.165, 1.54) is 18.2 Å². The summed E-state index contributed by atoms with van der Waals surface area (Å²) in [5, 5.41) is 24.1. The number of phenols is 1. The number of carbonyl (C=O) groups excluding carboxylic acids is 1. The summed E-state index contributed by atoms with van der Waals surface area (Å²) in [6.07, 6.45) is 1.35. The molecule has 0 aliphatic carbocycles. The first-order valence-corrected chi connectivity index (χ1v) is 7.53. The Hall–Kier alpha value is -2.55. The molecule has 0 bridgehead atoms. The summed E-state index contributed by atoms with van der Waals surface area (Å²) in [6.45, 7) is 0. The van der Waals surface area contributed by atoms with E-state index in [9.17, 15) is 23.1 Å². The smallest absolute Gasteiger partial charge is 0.335 e. The highest BCUT2D eigenvalue weighted by atomic mass is 32.2. The number of nitrogens with one attached hydrogen (secondary N) is 2. The van der Waals surface area contributed by atoms with Gasteiger partial charge in [-0.2, -0.15) is 0 Å². The number of urea groups is 1. The van der Waals surface area contributed by atoms with E-state index in [4.69, 9.17) is 5.11 Å². The van der Waals surface area contributed by atoms with Crippen LogP contribution in [0.4, 0.5) is 10.5 Å². The minimum atomic E-state index is -3.27. The third kappa shape index (κ3) is 3.72. The highest BCUT2D eigenvalue weighted by Gasteiger charge is 2.23. The van der Waals surface area contributed by atoms with Gasteiger partial charge in [0, 0.05) is 5.41 Å². The molecule has 1 unspecified atom stereocenters. The predicted molar refractivity (Wildman–Crippen MR) is 73.9 cm³/mol. The zero-order chi connectivity index (χ0) is 15.6. The van der Waals surface area contributed by atoms with Crippen LogP contribution < -0.4 is 10.6 Å². The molecule has 21 heavy (non-hydrogen) atoms. The Morgan fingerprint density at radius 3 is 2.52 bits per heavy atom. The van der Waals surface area contributed by atoms with Crippen LogP contribution in [0, 0.1) is 0 Å². The number of rotatable bonds is 3. The summed E-state index contributed by atoms with van der Waals surface area (Å²) in [5.74, 6) is -1.83. The monoisotopic (exact) mass is 312 g/mol. The quantitative estimate of drug-likeness (QED) is 0.601. The summed E-state index contributed by atoms with van der Waals surface area (Å²) < 4.78 is 22.4. The number of phenolic OH excluding ortho intramolecular Hbond substituents is 1. The molecule has 0 fully saturated rings. The van der Waals surface area contributed by atoms with Gasteiger partial charge in [-0.15, -0.1) is 0 Å². The first kappa shape index (κ1) is 14.9. The lowest BCUT2D eigenvalue weighted by Gasteiger charge is -2.12. The Balaban J connectivity index is 2.00. The minimum Gasteiger partial charge on any atom is -0.506 e. The fraction of sp³-hybridized carbons (Fsp3) is 0.167. The molecule has 112 valence electrons. The molecule has 1 aliphatic rings. The SMILES string of the molecule is O=C(Nc1ccc(C(=O)O)cc1O)NC1C=CS(=O)(=O)C1. The maximum absolute atomic E-state index is 11.7. The first-order chi connectivity index (χ1) is 9.77. The van der Waals surface area contributed by atoms with Gasteiger partial charge in [0.2, 0.25) is 0 Å². The van der Waals surface area contributed by atoms with Crippen LogP contribution in [-0.4, -0.2) is 42.4 Å². The van der Waals surface area contributed by atoms with Crippen LogP contribution in [0.2, 0.25) is 0 Å². The molecule has 2 amide bonds. The number of aromatic carboxylic acids is 1. The summed E-state index contributed by atoms with van der Waals surface area (Å²) in [7, 11) is -3.27.